The van der Waals surface area contributed by atoms with Crippen LogP contribution in [-0.4, -0.2) is 22.9 Å². The maximum Gasteiger partial charge on any atom is 0.247 e. The van der Waals surface area contributed by atoms with Crippen LogP contribution >= 0.6 is 23.5 Å². The van der Waals surface area contributed by atoms with Crippen LogP contribution in [-0.2, 0) is 0 Å². The van der Waals surface area contributed by atoms with Gasteiger partial charge in [-0.1, -0.05) is 247 Å². The molecule has 0 fully saturated rings. The van der Waals surface area contributed by atoms with E-state index in [0.29, 0.717) is 0 Å². The Bertz CT molecular complexity index is 3540. The van der Waals surface area contributed by atoms with Crippen molar-refractivity contribution in [3.8, 4) is 0 Å². The lowest BCUT2D eigenvalue weighted by Gasteiger charge is -2.45. The molecule has 0 radical (unpaired) electrons. The zero-order chi connectivity index (χ0) is 48.1. The van der Waals surface area contributed by atoms with Crippen molar-refractivity contribution in [2.75, 3.05) is 9.80 Å². The summed E-state index contributed by atoms with van der Waals surface area (Å²) in [7, 11) is -5.46. The lowest BCUT2D eigenvalue weighted by atomic mass is 9.36. The molecule has 7 heteroatoms. The third kappa shape index (κ3) is 6.20. The second-order valence-corrected chi connectivity index (χ2v) is 29.1. The largest absolute Gasteiger partial charge is 0.311 e. The van der Waals surface area contributed by atoms with Crippen LogP contribution in [0.5, 0.6) is 0 Å². The van der Waals surface area contributed by atoms with Gasteiger partial charge < -0.3 is 9.80 Å². The van der Waals surface area contributed by atoms with Gasteiger partial charge in [-0.25, -0.2) is 0 Å². The summed E-state index contributed by atoms with van der Waals surface area (Å²) in [6, 6.07) is 104. The van der Waals surface area contributed by atoms with Crippen molar-refractivity contribution in [3.63, 3.8) is 0 Å². The van der Waals surface area contributed by atoms with Gasteiger partial charge in [-0.15, -0.1) is 0 Å². The van der Waals surface area contributed by atoms with Gasteiger partial charge >= 0.3 is 0 Å². The summed E-state index contributed by atoms with van der Waals surface area (Å²) in [6.07, 6.45) is 0. The van der Waals surface area contributed by atoms with Crippen LogP contribution in [0.1, 0.15) is 0 Å². The average Bonchev–Trinajstić information content (AvgIpc) is 3.46. The maximum atomic E-state index is 2.55. The predicted molar refractivity (Wildman–Crippen MR) is 316 cm³/mol. The standard InChI is InChI=1S/C66H45BN2S2Si2/c1-5-22-48(23-6-1)72(49-24-7-2-8-25-49)62-36-17-13-30-54(62)68(55-31-14-18-37-63(55)72)46-40-42-52-60(44-46)70-58-34-21-35-59-66(58)67(52)53-43-41-47(45-61(53)71-59)69-56-32-15-19-38-64(56)73(50-26-9-3-10-27-50,51-28-11-4-12-29-51)65-39-20-16-33-57(65)69/h1-45H. The van der Waals surface area contributed by atoms with E-state index in [0.717, 1.165) is 0 Å². The summed E-state index contributed by atoms with van der Waals surface area (Å²) >= 11 is 3.86. The molecule has 0 saturated heterocycles. The molecule has 0 bridgehead atoms. The maximum absolute atomic E-state index is 2.73. The number of fused-ring (bicyclic) bond motifs is 8. The topological polar surface area (TPSA) is 6.48 Å². The molecule has 0 spiro atoms. The molecule has 11 aromatic rings. The number of anilines is 6. The quantitative estimate of drug-likeness (QED) is 0.153. The van der Waals surface area contributed by atoms with Crippen molar-refractivity contribution in [1.82, 2.24) is 0 Å². The Kier molecular flexibility index (Phi) is 9.92. The summed E-state index contributed by atoms with van der Waals surface area (Å²) in [5.41, 5.74) is 11.6. The first-order valence-electron chi connectivity index (χ1n) is 25.2. The zero-order valence-corrected chi connectivity index (χ0v) is 43.4. The van der Waals surface area contributed by atoms with E-state index in [4.69, 9.17) is 0 Å². The molecule has 342 valence electrons. The Hall–Kier alpha value is -7.78. The molecule has 0 atom stereocenters. The van der Waals surface area contributed by atoms with Gasteiger partial charge in [0, 0.05) is 53.7 Å². The highest BCUT2D eigenvalue weighted by molar-refractivity contribution is 8.01. The first-order valence-corrected chi connectivity index (χ1v) is 30.8. The van der Waals surface area contributed by atoms with Crippen molar-refractivity contribution < 1.29 is 0 Å². The molecule has 11 aromatic carbocycles. The van der Waals surface area contributed by atoms with Crippen molar-refractivity contribution >= 4 is 138 Å². The lowest BCUT2D eigenvalue weighted by Crippen LogP contribution is -2.77. The lowest BCUT2D eigenvalue weighted by molar-refractivity contribution is 1.26. The van der Waals surface area contributed by atoms with Crippen LogP contribution < -0.4 is 67.7 Å². The Labute approximate surface area is 437 Å². The average molecular weight is 997 g/mol. The first-order chi connectivity index (χ1) is 36.2. The Morgan fingerprint density at radius 1 is 0.274 bits per heavy atom. The second kappa shape index (κ2) is 16.9. The van der Waals surface area contributed by atoms with Crippen LogP contribution in [0, 0.1) is 0 Å². The number of benzene rings is 11. The normalized spacial score (nSPS) is 14.9. The predicted octanol–water partition coefficient (Wildman–Crippen LogP) is 9.45. The number of hydrogen-bond acceptors (Lipinski definition) is 4. The third-order valence-electron chi connectivity index (χ3n) is 15.9. The molecule has 4 aliphatic heterocycles. The molecule has 2 nitrogen and oxygen atoms in total. The fourth-order valence-electron chi connectivity index (χ4n) is 13.1. The van der Waals surface area contributed by atoms with Crippen LogP contribution in [0.3, 0.4) is 0 Å². The molecule has 4 aliphatic rings. The molecule has 73 heavy (non-hydrogen) atoms. The summed E-state index contributed by atoms with van der Waals surface area (Å²) in [5, 5.41) is 11.2. The van der Waals surface area contributed by atoms with E-state index in [2.05, 4.69) is 283 Å². The highest BCUT2D eigenvalue weighted by Crippen LogP contribution is 2.45. The van der Waals surface area contributed by atoms with Gasteiger partial charge in [-0.2, -0.15) is 0 Å². The smallest absolute Gasteiger partial charge is 0.247 e. The fraction of sp³-hybridized carbons (Fsp3) is 0. The van der Waals surface area contributed by atoms with Crippen molar-refractivity contribution in [1.29, 1.82) is 0 Å². The van der Waals surface area contributed by atoms with Crippen LogP contribution in [0.4, 0.5) is 34.1 Å². The van der Waals surface area contributed by atoms with Gasteiger partial charge in [0.15, 0.2) is 16.1 Å². The molecular formula is C66H45BN2S2Si2. The van der Waals surface area contributed by atoms with E-state index in [9.17, 15) is 0 Å². The number of hydrogen-bond donors (Lipinski definition) is 0. The van der Waals surface area contributed by atoms with Gasteiger partial charge in [-0.05, 0) is 108 Å². The van der Waals surface area contributed by atoms with Gasteiger partial charge in [0.1, 0.15) is 0 Å². The third-order valence-corrected chi connectivity index (χ3v) is 27.9. The van der Waals surface area contributed by atoms with E-state index < -0.39 is 16.1 Å². The van der Waals surface area contributed by atoms with Gasteiger partial charge in [0.05, 0.1) is 0 Å². The molecule has 0 amide bonds. The van der Waals surface area contributed by atoms with Crippen LogP contribution in [0.2, 0.25) is 0 Å². The zero-order valence-electron chi connectivity index (χ0n) is 39.8. The number of rotatable bonds is 6. The summed E-state index contributed by atoms with van der Waals surface area (Å²) in [6.45, 7) is 0.107. The van der Waals surface area contributed by atoms with Crippen LogP contribution in [0.15, 0.2) is 293 Å². The Morgan fingerprint density at radius 3 is 0.904 bits per heavy atom. The van der Waals surface area contributed by atoms with Gasteiger partial charge in [0.2, 0.25) is 6.71 Å². The molecule has 4 heterocycles. The van der Waals surface area contributed by atoms with Crippen molar-refractivity contribution in [2.45, 2.75) is 19.6 Å². The molecule has 0 aromatic heterocycles. The van der Waals surface area contributed by atoms with E-state index in [1.807, 2.05) is 23.5 Å². The van der Waals surface area contributed by atoms with Crippen molar-refractivity contribution in [2.24, 2.45) is 0 Å². The van der Waals surface area contributed by atoms with Gasteiger partial charge in [-0.3, -0.25) is 0 Å². The summed E-state index contributed by atoms with van der Waals surface area (Å²) in [4.78, 5) is 10.4. The summed E-state index contributed by atoms with van der Waals surface area (Å²) in [5.74, 6) is 0. The molecule has 0 aliphatic carbocycles. The van der Waals surface area contributed by atoms with E-state index in [-0.39, 0.29) is 6.71 Å². The van der Waals surface area contributed by atoms with Crippen molar-refractivity contribution in [3.05, 3.63) is 273 Å². The molecule has 0 saturated carbocycles. The highest BCUT2D eigenvalue weighted by atomic mass is 32.2. The highest BCUT2D eigenvalue weighted by Gasteiger charge is 2.51. The molecule has 0 N–H and O–H groups in total. The minimum atomic E-state index is -2.73. The minimum Gasteiger partial charge on any atom is -0.311 e. The number of nitrogens with zero attached hydrogens (tertiary/aromatic N) is 2. The molecule has 15 rings (SSSR count). The number of para-hydroxylation sites is 4. The van der Waals surface area contributed by atoms with Gasteiger partial charge in [0.25, 0.3) is 0 Å². The Balaban J connectivity index is 0.871. The van der Waals surface area contributed by atoms with Crippen LogP contribution in [0.25, 0.3) is 0 Å². The molecular weight excluding hydrogens is 952 g/mol. The monoisotopic (exact) mass is 996 g/mol. The minimum absolute atomic E-state index is 0.107. The van der Waals surface area contributed by atoms with E-state index in [1.54, 1.807) is 0 Å². The molecule has 0 unspecified atom stereocenters. The summed E-state index contributed by atoms with van der Waals surface area (Å²) < 4.78 is 0. The first kappa shape index (κ1) is 42.9. The fourth-order valence-corrected chi connectivity index (χ4v) is 25.7. The second-order valence-electron chi connectivity index (χ2n) is 19.5. The van der Waals surface area contributed by atoms with E-state index >= 15 is 0 Å². The Morgan fingerprint density at radius 2 is 0.575 bits per heavy atom. The van der Waals surface area contributed by atoms with E-state index in [1.165, 1.54) is 112 Å². The SMILES string of the molecule is c1ccc([Si]2(c3ccccc3)c3ccccc3N(c3ccc4c(c3)Sc3cccc5c3B4c3ccc(N4c6ccccc6[Si](c6ccccc6)(c6ccccc6)c6ccccc64)cc3S5)c3ccccc32)cc1.